The van der Waals surface area contributed by atoms with E-state index in [4.69, 9.17) is 0 Å². The van der Waals surface area contributed by atoms with Crippen molar-refractivity contribution in [1.29, 1.82) is 0 Å². The highest BCUT2D eigenvalue weighted by atomic mass is 16.3. The number of hydrogen-bond donors (Lipinski definition) is 4. The number of rotatable bonds is 9. The Morgan fingerprint density at radius 2 is 2.14 bits per heavy atom. The molecular formula is C27H36N4O5. The smallest absolute Gasteiger partial charge is 0.264 e. The molecule has 9 nitrogen and oxygen atoms in total. The van der Waals surface area contributed by atoms with E-state index in [2.05, 4.69) is 17.2 Å². The van der Waals surface area contributed by atoms with Gasteiger partial charge in [-0.1, -0.05) is 25.2 Å². The van der Waals surface area contributed by atoms with Crippen LogP contribution in [0.3, 0.4) is 0 Å². The largest absolute Gasteiger partial charge is 0.394 e. The van der Waals surface area contributed by atoms with Crippen LogP contribution in [-0.2, 0) is 20.0 Å². The Balaban J connectivity index is 1.54. The normalized spacial score (nSPS) is 26.5. The molecule has 9 heteroatoms. The molecule has 2 saturated heterocycles. The van der Waals surface area contributed by atoms with Crippen molar-refractivity contribution in [2.24, 2.45) is 5.92 Å². The Morgan fingerprint density at radius 3 is 2.83 bits per heavy atom. The molecule has 0 spiro atoms. The van der Waals surface area contributed by atoms with Gasteiger partial charge in [0.05, 0.1) is 24.4 Å². The average Bonchev–Trinajstić information content (AvgIpc) is 3.62. The van der Waals surface area contributed by atoms with Crippen molar-refractivity contribution in [3.8, 4) is 0 Å². The number of aliphatic hydroxyl groups excluding tert-OH is 1. The number of hydrogen-bond acceptors (Lipinski definition) is 6. The minimum absolute atomic E-state index is 0.0499. The molecule has 0 aromatic heterocycles. The van der Waals surface area contributed by atoms with Gasteiger partial charge in [0.2, 0.25) is 11.8 Å². The molecule has 1 aromatic carbocycles. The minimum Gasteiger partial charge on any atom is -0.394 e. The third-order valence-corrected chi connectivity index (χ3v) is 7.51. The summed E-state index contributed by atoms with van der Waals surface area (Å²) in [6.45, 7) is 7.09. The van der Waals surface area contributed by atoms with Gasteiger partial charge in [-0.2, -0.15) is 0 Å². The Bertz CT molecular complexity index is 1050. The molecule has 0 bridgehead atoms. The van der Waals surface area contributed by atoms with E-state index < -0.39 is 17.4 Å². The van der Waals surface area contributed by atoms with E-state index >= 15 is 0 Å². The highest BCUT2D eigenvalue weighted by molar-refractivity contribution is 6.08. The predicted octanol–water partition coefficient (Wildman–Crippen LogP) is 1.66. The van der Waals surface area contributed by atoms with Crippen LogP contribution in [0.1, 0.15) is 44.6 Å². The van der Waals surface area contributed by atoms with E-state index in [0.29, 0.717) is 23.5 Å². The summed E-state index contributed by atoms with van der Waals surface area (Å²) in [7, 11) is 0. The van der Waals surface area contributed by atoms with Gasteiger partial charge in [-0.25, -0.2) is 0 Å². The molecule has 3 heterocycles. The average molecular weight is 497 g/mol. The summed E-state index contributed by atoms with van der Waals surface area (Å²) in [5, 5.41) is 27.3. The fraction of sp³-hybridized carbons (Fsp3) is 0.519. The van der Waals surface area contributed by atoms with Crippen LogP contribution in [0.5, 0.6) is 0 Å². The molecule has 4 rings (SSSR count). The van der Waals surface area contributed by atoms with Gasteiger partial charge in [-0.3, -0.25) is 14.4 Å². The second-order valence-corrected chi connectivity index (χ2v) is 9.83. The molecule has 3 aliphatic rings. The lowest BCUT2D eigenvalue weighted by molar-refractivity contribution is -0.139. The molecule has 1 aromatic rings. The Morgan fingerprint density at radius 1 is 1.33 bits per heavy atom. The van der Waals surface area contributed by atoms with Crippen LogP contribution in [0.4, 0.5) is 11.4 Å². The monoisotopic (exact) mass is 496 g/mol. The Labute approximate surface area is 211 Å². The second kappa shape index (κ2) is 10.9. The lowest BCUT2D eigenvalue weighted by Crippen LogP contribution is -2.44. The van der Waals surface area contributed by atoms with Crippen molar-refractivity contribution in [2.75, 3.05) is 36.5 Å². The third-order valence-electron chi connectivity index (χ3n) is 7.51. The topological polar surface area (TPSA) is 122 Å². The molecule has 4 atom stereocenters. The maximum absolute atomic E-state index is 13.4. The number of amides is 3. The number of likely N-dealkylation sites (tertiary alicyclic amines) is 1. The number of anilines is 2. The molecule has 3 aliphatic heterocycles. The van der Waals surface area contributed by atoms with Crippen LogP contribution in [0.15, 0.2) is 43.0 Å². The first kappa shape index (κ1) is 26.1. The van der Waals surface area contributed by atoms with Gasteiger partial charge in [0.15, 0.2) is 5.60 Å². The van der Waals surface area contributed by atoms with Crippen LogP contribution in [-0.4, -0.2) is 71.2 Å². The SMILES string of the molecule is C=CCN1C(=O)[C@@](O)([C@@H](C)/C=C/CC(=O)N2CCC[C@H]2CO)c2cc(NC(=O)[C@H]3CCCN3)ccc21. The number of nitrogens with zero attached hydrogens (tertiary/aromatic N) is 2. The highest BCUT2D eigenvalue weighted by Gasteiger charge is 2.52. The highest BCUT2D eigenvalue weighted by Crippen LogP contribution is 2.46. The number of nitrogens with one attached hydrogen (secondary N) is 2. The lowest BCUT2D eigenvalue weighted by Gasteiger charge is -2.28. The molecule has 36 heavy (non-hydrogen) atoms. The van der Waals surface area contributed by atoms with E-state index in [0.717, 1.165) is 32.2 Å². The van der Waals surface area contributed by atoms with E-state index in [9.17, 15) is 24.6 Å². The van der Waals surface area contributed by atoms with Crippen molar-refractivity contribution in [3.05, 3.63) is 48.6 Å². The van der Waals surface area contributed by atoms with Gasteiger partial charge >= 0.3 is 0 Å². The van der Waals surface area contributed by atoms with Gasteiger partial charge < -0.3 is 30.6 Å². The first-order valence-corrected chi connectivity index (χ1v) is 12.7. The van der Waals surface area contributed by atoms with E-state index in [1.165, 1.54) is 4.90 Å². The maximum atomic E-state index is 13.4. The molecule has 0 saturated carbocycles. The summed E-state index contributed by atoms with van der Waals surface area (Å²) in [5.41, 5.74) is -0.367. The zero-order chi connectivity index (χ0) is 25.9. The molecular weight excluding hydrogens is 460 g/mol. The summed E-state index contributed by atoms with van der Waals surface area (Å²) in [5.74, 6) is -1.33. The number of carbonyl (C=O) groups is 3. The fourth-order valence-corrected chi connectivity index (χ4v) is 5.46. The van der Waals surface area contributed by atoms with Crippen LogP contribution < -0.4 is 15.5 Å². The summed E-state index contributed by atoms with van der Waals surface area (Å²) in [6, 6.07) is 4.73. The van der Waals surface area contributed by atoms with Crippen LogP contribution in [0.2, 0.25) is 0 Å². The van der Waals surface area contributed by atoms with Crippen LogP contribution in [0.25, 0.3) is 0 Å². The van der Waals surface area contributed by atoms with Gasteiger partial charge in [0.25, 0.3) is 5.91 Å². The minimum atomic E-state index is -1.86. The van der Waals surface area contributed by atoms with Crippen molar-refractivity contribution in [1.82, 2.24) is 10.2 Å². The van der Waals surface area contributed by atoms with Crippen molar-refractivity contribution >= 4 is 29.1 Å². The predicted molar refractivity (Wildman–Crippen MR) is 137 cm³/mol. The Kier molecular flexibility index (Phi) is 7.92. The zero-order valence-corrected chi connectivity index (χ0v) is 20.8. The Hall–Kier alpha value is -3.01. The maximum Gasteiger partial charge on any atom is 0.264 e. The van der Waals surface area contributed by atoms with E-state index in [1.807, 2.05) is 0 Å². The lowest BCUT2D eigenvalue weighted by atomic mass is 9.82. The number of aliphatic hydroxyl groups is 2. The molecule has 0 unspecified atom stereocenters. The molecule has 2 fully saturated rings. The quantitative estimate of drug-likeness (QED) is 0.386. The standard InChI is InChI=1S/C27H36N4O5/c1-3-14-31-23-12-11-19(29-25(34)22-9-5-13-28-22)16-21(23)27(36,26(31)35)18(2)7-4-10-24(33)30-15-6-8-20(30)17-32/h3-4,7,11-12,16,18,20,22,28,32,36H,1,5-6,8-10,13-15,17H2,2H3,(H,29,34)/b7-4+/t18-,20-,22+,27+/m0/s1. The van der Waals surface area contributed by atoms with Crippen molar-refractivity contribution < 1.29 is 24.6 Å². The number of carbonyl (C=O) groups excluding carboxylic acids is 3. The molecule has 0 radical (unpaired) electrons. The summed E-state index contributed by atoms with van der Waals surface area (Å²) in [6.07, 6.45) is 8.47. The van der Waals surface area contributed by atoms with Crippen molar-refractivity contribution in [2.45, 2.75) is 56.7 Å². The summed E-state index contributed by atoms with van der Waals surface area (Å²) in [4.78, 5) is 41.9. The second-order valence-electron chi connectivity index (χ2n) is 9.83. The first-order valence-electron chi connectivity index (χ1n) is 12.7. The van der Waals surface area contributed by atoms with E-state index in [-0.39, 0.29) is 43.5 Å². The van der Waals surface area contributed by atoms with Crippen molar-refractivity contribution in [3.63, 3.8) is 0 Å². The third kappa shape index (κ3) is 4.83. The summed E-state index contributed by atoms with van der Waals surface area (Å²) >= 11 is 0. The molecule has 4 N–H and O–H groups in total. The molecule has 194 valence electrons. The fourth-order valence-electron chi connectivity index (χ4n) is 5.46. The van der Waals surface area contributed by atoms with Crippen LogP contribution >= 0.6 is 0 Å². The van der Waals surface area contributed by atoms with Crippen LogP contribution in [0, 0.1) is 5.92 Å². The molecule has 3 amide bonds. The van der Waals surface area contributed by atoms with Gasteiger partial charge in [-0.15, -0.1) is 6.58 Å². The van der Waals surface area contributed by atoms with E-state index in [1.54, 1.807) is 48.3 Å². The first-order chi connectivity index (χ1) is 17.3. The molecule has 0 aliphatic carbocycles. The van der Waals surface area contributed by atoms with Gasteiger partial charge in [0.1, 0.15) is 0 Å². The summed E-state index contributed by atoms with van der Waals surface area (Å²) < 4.78 is 0. The zero-order valence-electron chi connectivity index (χ0n) is 20.8. The number of benzene rings is 1. The van der Waals surface area contributed by atoms with Gasteiger partial charge in [0, 0.05) is 36.7 Å². The number of fused-ring (bicyclic) bond motifs is 1. The van der Waals surface area contributed by atoms with Gasteiger partial charge in [-0.05, 0) is 50.4 Å².